The van der Waals surface area contributed by atoms with Gasteiger partial charge in [-0.25, -0.2) is 9.50 Å². The molecule has 3 nitrogen and oxygen atoms in total. The summed E-state index contributed by atoms with van der Waals surface area (Å²) in [6, 6.07) is 3.87. The predicted octanol–water partition coefficient (Wildman–Crippen LogP) is 2.86. The van der Waals surface area contributed by atoms with E-state index in [4.69, 9.17) is 0 Å². The van der Waals surface area contributed by atoms with Crippen molar-refractivity contribution in [2.45, 2.75) is 39.0 Å². The molecule has 0 atom stereocenters. The lowest BCUT2D eigenvalue weighted by atomic mass is 10.2. The summed E-state index contributed by atoms with van der Waals surface area (Å²) in [5.41, 5.74) is 1.90. The van der Waals surface area contributed by atoms with Gasteiger partial charge in [0.15, 0.2) is 5.65 Å². The maximum Gasteiger partial charge on any atom is 0.155 e. The van der Waals surface area contributed by atoms with Crippen LogP contribution >= 0.6 is 0 Å². The van der Waals surface area contributed by atoms with E-state index in [2.05, 4.69) is 28.8 Å². The van der Waals surface area contributed by atoms with Crippen molar-refractivity contribution < 1.29 is 0 Å². The molecule has 2 heterocycles. The summed E-state index contributed by atoms with van der Waals surface area (Å²) >= 11 is 0. The van der Waals surface area contributed by atoms with E-state index in [1.54, 1.807) is 10.7 Å². The van der Waals surface area contributed by atoms with E-state index < -0.39 is 0 Å². The quantitative estimate of drug-likeness (QED) is 0.594. The molecule has 17 heavy (non-hydrogen) atoms. The average molecular weight is 227 g/mol. The second-order valence-electron chi connectivity index (χ2n) is 4.04. The molecule has 2 rings (SSSR count). The summed E-state index contributed by atoms with van der Waals surface area (Å²) in [6.07, 6.45) is 9.14. The van der Waals surface area contributed by atoms with Crippen molar-refractivity contribution in [3.05, 3.63) is 30.2 Å². The molecule has 3 heteroatoms. The van der Waals surface area contributed by atoms with Crippen LogP contribution in [-0.4, -0.2) is 14.6 Å². The third-order valence-corrected chi connectivity index (χ3v) is 2.62. The second kappa shape index (κ2) is 6.05. The van der Waals surface area contributed by atoms with Gasteiger partial charge in [-0.15, -0.1) is 5.92 Å². The first-order valence-electron chi connectivity index (χ1n) is 6.15. The Morgan fingerprint density at radius 2 is 2.18 bits per heavy atom. The van der Waals surface area contributed by atoms with Crippen LogP contribution in [0.4, 0.5) is 0 Å². The van der Waals surface area contributed by atoms with E-state index >= 15 is 0 Å². The number of hydrogen-bond donors (Lipinski definition) is 0. The molecule has 0 spiro atoms. The van der Waals surface area contributed by atoms with Crippen LogP contribution < -0.4 is 0 Å². The summed E-state index contributed by atoms with van der Waals surface area (Å²) < 4.78 is 1.76. The summed E-state index contributed by atoms with van der Waals surface area (Å²) in [7, 11) is 0. The zero-order valence-corrected chi connectivity index (χ0v) is 10.2. The molecular formula is C14H17N3. The van der Waals surface area contributed by atoms with Crippen molar-refractivity contribution in [3.8, 4) is 11.8 Å². The van der Waals surface area contributed by atoms with Gasteiger partial charge in [-0.1, -0.05) is 25.7 Å². The third-order valence-electron chi connectivity index (χ3n) is 2.62. The molecule has 0 unspecified atom stereocenters. The van der Waals surface area contributed by atoms with Gasteiger partial charge in [-0.05, 0) is 12.5 Å². The first-order valence-corrected chi connectivity index (χ1v) is 6.15. The van der Waals surface area contributed by atoms with E-state index in [-0.39, 0.29) is 0 Å². The van der Waals surface area contributed by atoms with E-state index in [1.807, 2.05) is 18.3 Å². The minimum Gasteiger partial charge on any atom is -0.233 e. The maximum atomic E-state index is 4.47. The van der Waals surface area contributed by atoms with Crippen LogP contribution in [0, 0.1) is 11.8 Å². The maximum absolute atomic E-state index is 4.47. The number of hydrogen-bond acceptors (Lipinski definition) is 2. The molecule has 0 aromatic carbocycles. The fourth-order valence-corrected chi connectivity index (χ4v) is 1.66. The van der Waals surface area contributed by atoms with Gasteiger partial charge >= 0.3 is 0 Å². The summed E-state index contributed by atoms with van der Waals surface area (Å²) in [5, 5.41) is 4.11. The molecule has 0 saturated carbocycles. The van der Waals surface area contributed by atoms with Crippen LogP contribution in [0.3, 0.4) is 0 Å². The number of rotatable bonds is 4. The smallest absolute Gasteiger partial charge is 0.155 e. The number of aromatic nitrogens is 3. The third kappa shape index (κ3) is 3.32. The van der Waals surface area contributed by atoms with E-state index in [0.29, 0.717) is 0 Å². The summed E-state index contributed by atoms with van der Waals surface area (Å²) in [5.74, 6) is 6.37. The van der Waals surface area contributed by atoms with Crippen molar-refractivity contribution in [1.29, 1.82) is 0 Å². The molecule has 2 aromatic rings. The molecular weight excluding hydrogens is 210 g/mol. The van der Waals surface area contributed by atoms with Crippen LogP contribution in [0.5, 0.6) is 0 Å². The van der Waals surface area contributed by atoms with Crippen LogP contribution in [0.1, 0.15) is 38.3 Å². The molecule has 2 aromatic heterocycles. The molecule has 0 saturated heterocycles. The Labute approximate surface area is 102 Å². The zero-order valence-electron chi connectivity index (χ0n) is 10.2. The topological polar surface area (TPSA) is 30.2 Å². The van der Waals surface area contributed by atoms with Gasteiger partial charge in [-0.3, -0.25) is 0 Å². The Morgan fingerprint density at radius 3 is 3.06 bits per heavy atom. The monoisotopic (exact) mass is 227 g/mol. The molecule has 0 bridgehead atoms. The first kappa shape index (κ1) is 11.7. The molecule has 0 fully saturated rings. The minimum atomic E-state index is 0.730. The highest BCUT2D eigenvalue weighted by molar-refractivity contribution is 5.36. The molecule has 0 aliphatic carbocycles. The van der Waals surface area contributed by atoms with Gasteiger partial charge in [0.1, 0.15) is 0 Å². The lowest BCUT2D eigenvalue weighted by Gasteiger charge is -1.95. The van der Waals surface area contributed by atoms with Crippen molar-refractivity contribution in [1.82, 2.24) is 14.6 Å². The van der Waals surface area contributed by atoms with Crippen molar-refractivity contribution in [2.24, 2.45) is 0 Å². The molecule has 0 aliphatic heterocycles. The van der Waals surface area contributed by atoms with Gasteiger partial charge in [0.25, 0.3) is 0 Å². The highest BCUT2D eigenvalue weighted by atomic mass is 15.2. The fraction of sp³-hybridized carbons (Fsp3) is 0.429. The van der Waals surface area contributed by atoms with E-state index in [0.717, 1.165) is 24.2 Å². The Kier molecular flexibility index (Phi) is 4.15. The lowest BCUT2D eigenvalue weighted by Crippen LogP contribution is -1.93. The Bertz CT molecular complexity index is 531. The highest BCUT2D eigenvalue weighted by Crippen LogP contribution is 2.01. The first-order chi connectivity index (χ1) is 8.40. The van der Waals surface area contributed by atoms with Crippen LogP contribution in [0.15, 0.2) is 24.5 Å². The normalized spacial score (nSPS) is 10.2. The average Bonchev–Trinajstić information content (AvgIpc) is 2.81. The standard InChI is InChI=1S/C14H17N3/c1-2-3-4-5-6-7-8-13-10-12-17-14(16-13)9-11-15-17/h9-12H,2-5,8H2,1H3. The number of unbranched alkanes of at least 4 members (excludes halogenated alkanes) is 3. The van der Waals surface area contributed by atoms with Crippen LogP contribution in [0.25, 0.3) is 5.65 Å². The fourth-order valence-electron chi connectivity index (χ4n) is 1.66. The lowest BCUT2D eigenvalue weighted by molar-refractivity contribution is 0.737. The highest BCUT2D eigenvalue weighted by Gasteiger charge is 1.96. The zero-order chi connectivity index (χ0) is 11.9. The van der Waals surface area contributed by atoms with Crippen LogP contribution in [0.2, 0.25) is 0 Å². The van der Waals surface area contributed by atoms with Gasteiger partial charge in [0.2, 0.25) is 0 Å². The molecule has 0 aliphatic rings. The summed E-state index contributed by atoms with van der Waals surface area (Å²) in [6.45, 7) is 2.21. The molecule has 0 radical (unpaired) electrons. The van der Waals surface area contributed by atoms with E-state index in [9.17, 15) is 0 Å². The van der Waals surface area contributed by atoms with Crippen LogP contribution in [-0.2, 0) is 6.42 Å². The van der Waals surface area contributed by atoms with Gasteiger partial charge in [0.05, 0.1) is 18.3 Å². The molecule has 88 valence electrons. The summed E-state index contributed by atoms with van der Waals surface area (Å²) in [4.78, 5) is 4.47. The Morgan fingerprint density at radius 1 is 1.24 bits per heavy atom. The largest absolute Gasteiger partial charge is 0.233 e. The second-order valence-corrected chi connectivity index (χ2v) is 4.04. The minimum absolute atomic E-state index is 0.730. The van der Waals surface area contributed by atoms with Gasteiger partial charge < -0.3 is 0 Å². The van der Waals surface area contributed by atoms with Gasteiger partial charge in [0, 0.05) is 18.7 Å². The number of fused-ring (bicyclic) bond motifs is 1. The predicted molar refractivity (Wildman–Crippen MR) is 68.6 cm³/mol. The van der Waals surface area contributed by atoms with Crippen molar-refractivity contribution in [2.75, 3.05) is 0 Å². The van der Waals surface area contributed by atoms with Crippen molar-refractivity contribution >= 4 is 5.65 Å². The molecule has 0 N–H and O–H groups in total. The van der Waals surface area contributed by atoms with Gasteiger partial charge in [-0.2, -0.15) is 5.10 Å². The molecule has 0 amide bonds. The number of nitrogens with zero attached hydrogens (tertiary/aromatic N) is 3. The van der Waals surface area contributed by atoms with Crippen molar-refractivity contribution in [3.63, 3.8) is 0 Å². The Hall–Kier alpha value is -1.82. The van der Waals surface area contributed by atoms with E-state index in [1.165, 1.54) is 19.3 Å². The Balaban J connectivity index is 1.89. The SMILES string of the molecule is CCCCCC#CCc1ccn2nccc2n1.